The number of nitrogens with zero attached hydrogens (tertiary/aromatic N) is 2. The first-order valence-electron chi connectivity index (χ1n) is 6.81. The van der Waals surface area contributed by atoms with E-state index in [9.17, 15) is 0 Å². The fraction of sp³-hybridized carbons (Fsp3) is 0.500. The Kier molecular flexibility index (Phi) is 3.65. The van der Waals surface area contributed by atoms with Crippen LogP contribution in [0.2, 0.25) is 5.02 Å². The van der Waals surface area contributed by atoms with Gasteiger partial charge in [0, 0.05) is 12.6 Å². The molecule has 1 aromatic carbocycles. The van der Waals surface area contributed by atoms with Crippen LogP contribution in [-0.2, 0) is 6.54 Å². The number of likely N-dealkylation sites (N-methyl/N-ethyl adjacent to an activating group) is 1. The number of nitrogens with one attached hydrogen (secondary N) is 1. The van der Waals surface area contributed by atoms with E-state index >= 15 is 0 Å². The van der Waals surface area contributed by atoms with Gasteiger partial charge in [-0.1, -0.05) is 24.6 Å². The Morgan fingerprint density at radius 1 is 1.47 bits per heavy atom. The monoisotopic (exact) mass is 295 g/mol. The molecule has 0 amide bonds. The van der Waals surface area contributed by atoms with E-state index in [1.54, 1.807) is 0 Å². The summed E-state index contributed by atoms with van der Waals surface area (Å²) in [4.78, 5) is 5.77. The molecule has 1 N–H and O–H groups in total. The number of fused-ring (bicyclic) bond motifs is 1. The minimum atomic E-state index is 0.576. The van der Waals surface area contributed by atoms with Crippen LogP contribution in [0.25, 0.3) is 11.0 Å². The van der Waals surface area contributed by atoms with Gasteiger partial charge < -0.3 is 9.55 Å². The first kappa shape index (κ1) is 13.2. The smallest absolute Gasteiger partial charge is 0.178 e. The molecule has 19 heavy (non-hydrogen) atoms. The van der Waals surface area contributed by atoms with Gasteiger partial charge in [0.25, 0.3) is 0 Å². The van der Waals surface area contributed by atoms with E-state index in [4.69, 9.17) is 23.8 Å². The van der Waals surface area contributed by atoms with Gasteiger partial charge in [-0.2, -0.15) is 0 Å². The number of hydrogen-bond acceptors (Lipinski definition) is 2. The Labute approximate surface area is 123 Å². The van der Waals surface area contributed by atoms with Crippen LogP contribution < -0.4 is 0 Å². The summed E-state index contributed by atoms with van der Waals surface area (Å²) in [6, 6.07) is 6.48. The average molecular weight is 296 g/mol. The number of aromatic amines is 1. The lowest BCUT2D eigenvalue weighted by atomic mass is 10.2. The van der Waals surface area contributed by atoms with Crippen LogP contribution in [0, 0.1) is 4.77 Å². The molecule has 5 heteroatoms. The molecule has 102 valence electrons. The Hall–Kier alpha value is -0.840. The molecule has 1 aromatic heterocycles. The Morgan fingerprint density at radius 3 is 3.11 bits per heavy atom. The minimum Gasteiger partial charge on any atom is -0.331 e. The lowest BCUT2D eigenvalue weighted by Crippen LogP contribution is -2.32. The molecule has 0 radical (unpaired) electrons. The zero-order valence-corrected chi connectivity index (χ0v) is 12.6. The van der Waals surface area contributed by atoms with Crippen LogP contribution in [-0.4, -0.2) is 33.6 Å². The third-order valence-electron chi connectivity index (χ3n) is 4.04. The molecule has 0 saturated carbocycles. The fourth-order valence-corrected chi connectivity index (χ4v) is 3.63. The third kappa shape index (κ3) is 2.33. The first-order valence-corrected chi connectivity index (χ1v) is 7.60. The highest BCUT2D eigenvalue weighted by Gasteiger charge is 2.24. The van der Waals surface area contributed by atoms with Gasteiger partial charge in [-0.15, -0.1) is 0 Å². The predicted molar refractivity (Wildman–Crippen MR) is 82.4 cm³/mol. The van der Waals surface area contributed by atoms with Gasteiger partial charge in [-0.05, 0) is 50.3 Å². The van der Waals surface area contributed by atoms with E-state index in [1.165, 1.54) is 19.4 Å². The highest BCUT2D eigenvalue weighted by molar-refractivity contribution is 7.71. The molecular weight excluding hydrogens is 278 g/mol. The van der Waals surface area contributed by atoms with Gasteiger partial charge >= 0.3 is 0 Å². The van der Waals surface area contributed by atoms with Gasteiger partial charge in [-0.25, -0.2) is 0 Å². The van der Waals surface area contributed by atoms with Crippen molar-refractivity contribution >= 4 is 34.9 Å². The summed E-state index contributed by atoms with van der Waals surface area (Å²) < 4.78 is 2.93. The number of benzene rings is 1. The van der Waals surface area contributed by atoms with Crippen LogP contribution in [0.4, 0.5) is 0 Å². The van der Waals surface area contributed by atoms with Crippen LogP contribution in [0.3, 0.4) is 0 Å². The second-order valence-corrected chi connectivity index (χ2v) is 5.90. The lowest BCUT2D eigenvalue weighted by molar-refractivity contribution is 0.245. The maximum atomic E-state index is 6.33. The summed E-state index contributed by atoms with van der Waals surface area (Å²) in [6.07, 6.45) is 2.52. The molecule has 1 aliphatic rings. The van der Waals surface area contributed by atoms with Crippen molar-refractivity contribution in [2.75, 3.05) is 13.1 Å². The molecule has 0 bridgehead atoms. The number of imidazole rings is 1. The highest BCUT2D eigenvalue weighted by Crippen LogP contribution is 2.26. The molecule has 1 unspecified atom stereocenters. The summed E-state index contributed by atoms with van der Waals surface area (Å²) in [5.41, 5.74) is 2.07. The number of rotatable bonds is 3. The topological polar surface area (TPSA) is 24.0 Å². The van der Waals surface area contributed by atoms with Gasteiger partial charge in [0.1, 0.15) is 0 Å². The summed E-state index contributed by atoms with van der Waals surface area (Å²) in [5, 5.41) is 0.769. The standard InChI is InChI=1S/C14H18ClN3S/c1-2-17-8-4-5-10(17)9-18-13-11(15)6-3-7-12(13)16-14(18)19/h3,6-7,10H,2,4-5,8-9H2,1H3,(H,16,19). The Bertz CT molecular complexity index is 646. The molecule has 2 aromatic rings. The molecule has 0 aliphatic carbocycles. The molecule has 2 heterocycles. The maximum absolute atomic E-state index is 6.33. The summed E-state index contributed by atoms with van der Waals surface area (Å²) in [7, 11) is 0. The SMILES string of the molecule is CCN1CCCC1Cn1c(=S)[nH]c2cccc(Cl)c21. The molecule has 0 spiro atoms. The van der Waals surface area contributed by atoms with E-state index in [1.807, 2.05) is 18.2 Å². The molecule has 1 fully saturated rings. The van der Waals surface area contributed by atoms with Crippen molar-refractivity contribution in [1.82, 2.24) is 14.5 Å². The average Bonchev–Trinajstić information content (AvgIpc) is 2.96. The highest BCUT2D eigenvalue weighted by atomic mass is 35.5. The summed E-state index contributed by atoms with van der Waals surface area (Å²) in [6.45, 7) is 5.45. The second kappa shape index (κ2) is 5.27. The normalized spacial score (nSPS) is 20.4. The summed E-state index contributed by atoms with van der Waals surface area (Å²) in [5.74, 6) is 0. The zero-order chi connectivity index (χ0) is 13.4. The predicted octanol–water partition coefficient (Wildman–Crippen LogP) is 3.84. The Balaban J connectivity index is 2.01. The minimum absolute atomic E-state index is 0.576. The summed E-state index contributed by atoms with van der Waals surface area (Å²) >= 11 is 11.8. The lowest BCUT2D eigenvalue weighted by Gasteiger charge is -2.23. The van der Waals surface area contributed by atoms with E-state index in [0.29, 0.717) is 6.04 Å². The quantitative estimate of drug-likeness (QED) is 0.870. The number of H-pyrrole nitrogens is 1. The van der Waals surface area contributed by atoms with Crippen molar-refractivity contribution in [3.05, 3.63) is 28.0 Å². The van der Waals surface area contributed by atoms with E-state index in [2.05, 4.69) is 21.4 Å². The second-order valence-electron chi connectivity index (χ2n) is 5.10. The van der Waals surface area contributed by atoms with Crippen molar-refractivity contribution in [2.45, 2.75) is 32.4 Å². The van der Waals surface area contributed by atoms with Crippen LogP contribution in [0.1, 0.15) is 19.8 Å². The van der Waals surface area contributed by atoms with Crippen LogP contribution in [0.5, 0.6) is 0 Å². The Morgan fingerprint density at radius 2 is 2.32 bits per heavy atom. The van der Waals surface area contributed by atoms with Crippen molar-refractivity contribution in [1.29, 1.82) is 0 Å². The number of hydrogen-bond donors (Lipinski definition) is 1. The van der Waals surface area contributed by atoms with Crippen molar-refractivity contribution in [2.24, 2.45) is 0 Å². The van der Waals surface area contributed by atoms with E-state index in [-0.39, 0.29) is 0 Å². The third-order valence-corrected chi connectivity index (χ3v) is 4.67. The van der Waals surface area contributed by atoms with Crippen molar-refractivity contribution in [3.8, 4) is 0 Å². The molecule has 1 saturated heterocycles. The van der Waals surface area contributed by atoms with Gasteiger partial charge in [0.2, 0.25) is 0 Å². The fourth-order valence-electron chi connectivity index (χ4n) is 3.08. The largest absolute Gasteiger partial charge is 0.331 e. The molecule has 1 atom stereocenters. The number of para-hydroxylation sites is 1. The van der Waals surface area contributed by atoms with Gasteiger partial charge in [0.15, 0.2) is 4.77 Å². The van der Waals surface area contributed by atoms with Crippen molar-refractivity contribution < 1.29 is 0 Å². The molecular formula is C14H18ClN3S. The zero-order valence-electron chi connectivity index (χ0n) is 11.0. The van der Waals surface area contributed by atoms with Crippen LogP contribution in [0.15, 0.2) is 18.2 Å². The number of halogens is 1. The van der Waals surface area contributed by atoms with E-state index in [0.717, 1.165) is 33.9 Å². The number of aromatic nitrogens is 2. The molecule has 3 nitrogen and oxygen atoms in total. The van der Waals surface area contributed by atoms with Gasteiger partial charge in [-0.3, -0.25) is 4.90 Å². The molecule has 1 aliphatic heterocycles. The maximum Gasteiger partial charge on any atom is 0.178 e. The number of likely N-dealkylation sites (tertiary alicyclic amines) is 1. The van der Waals surface area contributed by atoms with Crippen molar-refractivity contribution in [3.63, 3.8) is 0 Å². The molecule has 3 rings (SSSR count). The van der Waals surface area contributed by atoms with E-state index < -0.39 is 0 Å². The first-order chi connectivity index (χ1) is 9.20. The van der Waals surface area contributed by atoms with Gasteiger partial charge in [0.05, 0.1) is 16.1 Å². The van der Waals surface area contributed by atoms with Crippen LogP contribution >= 0.6 is 23.8 Å².